The van der Waals surface area contributed by atoms with Crippen LogP contribution in [0.4, 0.5) is 5.69 Å². The van der Waals surface area contributed by atoms with Crippen LogP contribution in [-0.2, 0) is 9.59 Å². The van der Waals surface area contributed by atoms with Crippen LogP contribution < -0.4 is 15.4 Å². The monoisotopic (exact) mass is 326 g/mol. The lowest BCUT2D eigenvalue weighted by Gasteiger charge is -2.17. The molecule has 0 aliphatic heterocycles. The summed E-state index contributed by atoms with van der Waals surface area (Å²) in [5.74, 6) is 0.220. The Morgan fingerprint density at radius 1 is 1.27 bits per heavy atom. The van der Waals surface area contributed by atoms with E-state index in [4.69, 9.17) is 16.3 Å². The van der Waals surface area contributed by atoms with Crippen LogP contribution in [0.3, 0.4) is 0 Å². The van der Waals surface area contributed by atoms with Crippen LogP contribution in [0.1, 0.15) is 32.8 Å². The molecule has 0 heterocycles. The molecule has 0 aliphatic rings. The first-order valence-electron chi connectivity index (χ1n) is 7.07. The molecule has 5 nitrogen and oxygen atoms in total. The molecule has 1 aromatic rings. The Hall–Kier alpha value is -1.75. The van der Waals surface area contributed by atoms with Crippen molar-refractivity contribution in [3.05, 3.63) is 22.7 Å². The van der Waals surface area contributed by atoms with Crippen molar-refractivity contribution < 1.29 is 14.3 Å². The van der Waals surface area contributed by atoms with Gasteiger partial charge in [-0.15, -0.1) is 0 Å². The van der Waals surface area contributed by atoms with Gasteiger partial charge in [-0.05, 0) is 18.6 Å². The van der Waals surface area contributed by atoms with E-state index >= 15 is 0 Å². The smallest absolute Gasteiger partial charge is 0.226 e. The summed E-state index contributed by atoms with van der Waals surface area (Å²) in [6, 6.07) is 3.42. The first kappa shape index (κ1) is 18.3. The summed E-state index contributed by atoms with van der Waals surface area (Å²) in [6.07, 6.45) is 0.187. The molecule has 2 N–H and O–H groups in total. The maximum Gasteiger partial charge on any atom is 0.226 e. The Balaban J connectivity index is 2.59. The zero-order chi connectivity index (χ0) is 16.9. The molecule has 0 fully saturated rings. The van der Waals surface area contributed by atoms with E-state index in [0.29, 0.717) is 16.5 Å². The Morgan fingerprint density at radius 2 is 1.91 bits per heavy atom. The topological polar surface area (TPSA) is 67.4 Å². The van der Waals surface area contributed by atoms with E-state index in [0.717, 1.165) is 5.56 Å². The van der Waals surface area contributed by atoms with Crippen LogP contribution in [0.2, 0.25) is 5.02 Å². The molecule has 0 aromatic heterocycles. The van der Waals surface area contributed by atoms with Crippen molar-refractivity contribution in [3.63, 3.8) is 0 Å². The number of nitrogens with one attached hydrogen (secondary N) is 2. The molecule has 0 aliphatic carbocycles. The molecule has 0 atom stereocenters. The molecule has 0 unspecified atom stereocenters. The van der Waals surface area contributed by atoms with Crippen LogP contribution >= 0.6 is 11.6 Å². The third-order valence-electron chi connectivity index (χ3n) is 3.07. The SMILES string of the molecule is COc1cc(Cl)c(C)cc1NC(=O)CCNC(=O)C(C)(C)C. The maximum atomic E-state index is 12.0. The number of halogens is 1. The van der Waals surface area contributed by atoms with Gasteiger partial charge in [0.25, 0.3) is 0 Å². The van der Waals surface area contributed by atoms with Crippen LogP contribution in [0.5, 0.6) is 5.75 Å². The van der Waals surface area contributed by atoms with Crippen LogP contribution in [0, 0.1) is 12.3 Å². The van der Waals surface area contributed by atoms with Crippen molar-refractivity contribution in [2.75, 3.05) is 19.0 Å². The Kier molecular flexibility index (Phi) is 6.23. The normalized spacial score (nSPS) is 11.0. The molecule has 6 heteroatoms. The lowest BCUT2D eigenvalue weighted by molar-refractivity contribution is -0.128. The van der Waals surface area contributed by atoms with Gasteiger partial charge in [-0.2, -0.15) is 0 Å². The predicted octanol–water partition coefficient (Wildman–Crippen LogP) is 3.15. The molecule has 2 amide bonds. The van der Waals surface area contributed by atoms with Crippen LogP contribution in [0.25, 0.3) is 0 Å². The zero-order valence-electron chi connectivity index (χ0n) is 13.7. The van der Waals surface area contributed by atoms with Crippen molar-refractivity contribution in [2.45, 2.75) is 34.1 Å². The minimum Gasteiger partial charge on any atom is -0.495 e. The van der Waals surface area contributed by atoms with Crippen LogP contribution in [-0.4, -0.2) is 25.5 Å². The number of ether oxygens (including phenoxy) is 1. The highest BCUT2D eigenvalue weighted by atomic mass is 35.5. The van der Waals surface area contributed by atoms with E-state index in [-0.39, 0.29) is 24.8 Å². The minimum atomic E-state index is -0.465. The molecule has 0 radical (unpaired) electrons. The van der Waals surface area contributed by atoms with Crippen molar-refractivity contribution in [1.29, 1.82) is 0 Å². The summed E-state index contributed by atoms with van der Waals surface area (Å²) in [4.78, 5) is 23.7. The summed E-state index contributed by atoms with van der Waals surface area (Å²) >= 11 is 6.02. The largest absolute Gasteiger partial charge is 0.495 e. The molecular weight excluding hydrogens is 304 g/mol. The van der Waals surface area contributed by atoms with Gasteiger partial charge in [0, 0.05) is 29.5 Å². The second-order valence-electron chi connectivity index (χ2n) is 6.11. The van der Waals surface area contributed by atoms with Gasteiger partial charge in [0.15, 0.2) is 0 Å². The molecule has 0 saturated heterocycles. The summed E-state index contributed by atoms with van der Waals surface area (Å²) in [7, 11) is 1.51. The van der Waals surface area contributed by atoms with Gasteiger partial charge in [-0.1, -0.05) is 32.4 Å². The van der Waals surface area contributed by atoms with Crippen molar-refractivity contribution in [1.82, 2.24) is 5.32 Å². The van der Waals surface area contributed by atoms with Crippen molar-refractivity contribution >= 4 is 29.1 Å². The van der Waals surface area contributed by atoms with E-state index in [1.165, 1.54) is 7.11 Å². The number of carbonyl (C=O) groups is 2. The number of amides is 2. The third-order valence-corrected chi connectivity index (χ3v) is 3.48. The number of anilines is 1. The predicted molar refractivity (Wildman–Crippen MR) is 88.5 cm³/mol. The fourth-order valence-corrected chi connectivity index (χ4v) is 1.85. The molecule has 1 aromatic carbocycles. The molecule has 22 heavy (non-hydrogen) atoms. The zero-order valence-corrected chi connectivity index (χ0v) is 14.4. The molecule has 0 bridgehead atoms. The fraction of sp³-hybridized carbons (Fsp3) is 0.500. The highest BCUT2D eigenvalue weighted by molar-refractivity contribution is 6.31. The lowest BCUT2D eigenvalue weighted by atomic mass is 9.96. The molecule has 0 spiro atoms. The first-order valence-corrected chi connectivity index (χ1v) is 7.45. The van der Waals surface area contributed by atoms with Gasteiger partial charge in [0.05, 0.1) is 12.8 Å². The first-order chi connectivity index (χ1) is 10.1. The molecule has 0 saturated carbocycles. The molecule has 122 valence electrons. The highest BCUT2D eigenvalue weighted by Gasteiger charge is 2.20. The van der Waals surface area contributed by atoms with Crippen molar-refractivity contribution in [2.24, 2.45) is 5.41 Å². The number of carbonyl (C=O) groups excluding carboxylic acids is 2. The Bertz CT molecular complexity index is 565. The second-order valence-corrected chi connectivity index (χ2v) is 6.51. The standard InChI is InChI=1S/C16H23ClN2O3/c1-10-8-12(13(22-5)9-11(10)17)19-14(20)6-7-18-15(21)16(2,3)4/h8-9H,6-7H2,1-5H3,(H,18,21)(H,19,20). The third kappa shape index (κ3) is 5.22. The number of methoxy groups -OCH3 is 1. The maximum absolute atomic E-state index is 12.0. The van der Waals surface area contributed by atoms with E-state index in [1.54, 1.807) is 12.1 Å². The van der Waals surface area contributed by atoms with E-state index < -0.39 is 5.41 Å². The summed E-state index contributed by atoms with van der Waals surface area (Å²) in [6.45, 7) is 7.61. The number of hydrogen-bond acceptors (Lipinski definition) is 3. The number of rotatable bonds is 5. The van der Waals surface area contributed by atoms with Gasteiger partial charge in [0.2, 0.25) is 11.8 Å². The lowest BCUT2D eigenvalue weighted by Crippen LogP contribution is -2.36. The van der Waals surface area contributed by atoms with Crippen molar-refractivity contribution in [3.8, 4) is 5.75 Å². The number of aryl methyl sites for hydroxylation is 1. The average molecular weight is 327 g/mol. The average Bonchev–Trinajstić information content (AvgIpc) is 2.41. The summed E-state index contributed by atoms with van der Waals surface area (Å²) in [5, 5.41) is 6.08. The quantitative estimate of drug-likeness (QED) is 0.873. The number of hydrogen-bond donors (Lipinski definition) is 2. The van der Waals surface area contributed by atoms with E-state index in [2.05, 4.69) is 10.6 Å². The number of benzene rings is 1. The van der Waals surface area contributed by atoms with Gasteiger partial charge in [-0.3, -0.25) is 9.59 Å². The Labute approximate surface area is 136 Å². The van der Waals surface area contributed by atoms with Gasteiger partial charge >= 0.3 is 0 Å². The van der Waals surface area contributed by atoms with E-state index in [1.807, 2.05) is 27.7 Å². The van der Waals surface area contributed by atoms with Crippen LogP contribution in [0.15, 0.2) is 12.1 Å². The van der Waals surface area contributed by atoms with Gasteiger partial charge in [-0.25, -0.2) is 0 Å². The van der Waals surface area contributed by atoms with Gasteiger partial charge < -0.3 is 15.4 Å². The van der Waals surface area contributed by atoms with E-state index in [9.17, 15) is 9.59 Å². The minimum absolute atomic E-state index is 0.0831. The molecular formula is C16H23ClN2O3. The molecule has 1 rings (SSSR count). The Morgan fingerprint density at radius 3 is 2.45 bits per heavy atom. The summed E-state index contributed by atoms with van der Waals surface area (Å²) < 4.78 is 5.20. The van der Waals surface area contributed by atoms with Gasteiger partial charge in [0.1, 0.15) is 5.75 Å². The summed E-state index contributed by atoms with van der Waals surface area (Å²) in [5.41, 5.74) is 0.947. The fourth-order valence-electron chi connectivity index (χ4n) is 1.70. The second kappa shape index (κ2) is 7.49. The highest BCUT2D eigenvalue weighted by Crippen LogP contribution is 2.30.